The van der Waals surface area contributed by atoms with Crippen molar-refractivity contribution in [2.75, 3.05) is 0 Å². The van der Waals surface area contributed by atoms with E-state index in [-0.39, 0.29) is 6.10 Å². The maximum atomic E-state index is 10.1. The topological polar surface area (TPSA) is 20.2 Å². The molecule has 1 nitrogen and oxygen atoms in total. The second-order valence-electron chi connectivity index (χ2n) is 4.75. The summed E-state index contributed by atoms with van der Waals surface area (Å²) in [5.41, 5.74) is 2.39. The molecular formula is C15H20O. The summed E-state index contributed by atoms with van der Waals surface area (Å²) in [5.74, 6) is 0.485. The van der Waals surface area contributed by atoms with Gasteiger partial charge < -0.3 is 5.11 Å². The van der Waals surface area contributed by atoms with Crippen molar-refractivity contribution in [3.63, 3.8) is 0 Å². The highest BCUT2D eigenvalue weighted by molar-refractivity contribution is 5.63. The number of allylic oxidation sites excluding steroid dienone is 1. The molecular weight excluding hydrogens is 196 g/mol. The minimum atomic E-state index is -0.261. The van der Waals surface area contributed by atoms with Crippen molar-refractivity contribution < 1.29 is 5.11 Å². The van der Waals surface area contributed by atoms with Crippen LogP contribution in [0.5, 0.6) is 0 Å². The minimum Gasteiger partial charge on any atom is -0.389 e. The Balaban J connectivity index is 2.05. The quantitative estimate of drug-likeness (QED) is 0.817. The van der Waals surface area contributed by atoms with Gasteiger partial charge in [0, 0.05) is 0 Å². The first kappa shape index (κ1) is 11.4. The van der Waals surface area contributed by atoms with E-state index in [1.54, 1.807) is 0 Å². The first-order valence-corrected chi connectivity index (χ1v) is 6.19. The molecule has 16 heavy (non-hydrogen) atoms. The van der Waals surface area contributed by atoms with Gasteiger partial charge in [-0.1, -0.05) is 49.2 Å². The van der Waals surface area contributed by atoms with Crippen LogP contribution in [-0.4, -0.2) is 11.2 Å². The SMILES string of the molecule is C/C(=C\C(O)C1CCCC1)c1ccccc1. The highest BCUT2D eigenvalue weighted by atomic mass is 16.3. The molecule has 0 saturated heterocycles. The van der Waals surface area contributed by atoms with E-state index in [4.69, 9.17) is 0 Å². The van der Waals surface area contributed by atoms with Crippen LogP contribution in [0.4, 0.5) is 0 Å². The van der Waals surface area contributed by atoms with Gasteiger partial charge in [-0.05, 0) is 36.8 Å². The van der Waals surface area contributed by atoms with Gasteiger partial charge in [-0.25, -0.2) is 0 Å². The molecule has 0 aliphatic heterocycles. The van der Waals surface area contributed by atoms with E-state index in [2.05, 4.69) is 19.1 Å². The summed E-state index contributed by atoms with van der Waals surface area (Å²) in [4.78, 5) is 0. The molecule has 1 heteroatoms. The molecule has 1 saturated carbocycles. The Kier molecular flexibility index (Phi) is 3.79. The van der Waals surface area contributed by atoms with Crippen molar-refractivity contribution in [3.8, 4) is 0 Å². The first-order chi connectivity index (χ1) is 7.77. The molecule has 0 amide bonds. The zero-order valence-electron chi connectivity index (χ0n) is 9.89. The molecule has 1 aliphatic rings. The number of aliphatic hydroxyl groups is 1. The van der Waals surface area contributed by atoms with E-state index in [1.165, 1.54) is 36.8 Å². The van der Waals surface area contributed by atoms with E-state index in [0.717, 1.165) is 0 Å². The molecule has 1 N–H and O–H groups in total. The van der Waals surface area contributed by atoms with Gasteiger partial charge >= 0.3 is 0 Å². The third-order valence-electron chi connectivity index (χ3n) is 3.53. The monoisotopic (exact) mass is 216 g/mol. The van der Waals surface area contributed by atoms with Crippen molar-refractivity contribution in [3.05, 3.63) is 42.0 Å². The van der Waals surface area contributed by atoms with Crippen LogP contribution >= 0.6 is 0 Å². The molecule has 86 valence electrons. The Morgan fingerprint density at radius 3 is 2.50 bits per heavy atom. The van der Waals surface area contributed by atoms with Crippen molar-refractivity contribution >= 4 is 5.57 Å². The van der Waals surface area contributed by atoms with E-state index >= 15 is 0 Å². The lowest BCUT2D eigenvalue weighted by atomic mass is 9.97. The fraction of sp³-hybridized carbons (Fsp3) is 0.467. The van der Waals surface area contributed by atoms with Crippen molar-refractivity contribution in [1.82, 2.24) is 0 Å². The van der Waals surface area contributed by atoms with Crippen LogP contribution in [0.3, 0.4) is 0 Å². The second-order valence-corrected chi connectivity index (χ2v) is 4.75. The van der Waals surface area contributed by atoms with Crippen LogP contribution in [0.2, 0.25) is 0 Å². The zero-order valence-corrected chi connectivity index (χ0v) is 9.89. The second kappa shape index (κ2) is 5.31. The first-order valence-electron chi connectivity index (χ1n) is 6.19. The fourth-order valence-electron chi connectivity index (χ4n) is 2.49. The zero-order chi connectivity index (χ0) is 11.4. The lowest BCUT2D eigenvalue weighted by Gasteiger charge is -2.15. The van der Waals surface area contributed by atoms with Gasteiger partial charge in [0.25, 0.3) is 0 Å². The van der Waals surface area contributed by atoms with Crippen LogP contribution < -0.4 is 0 Å². The highest BCUT2D eigenvalue weighted by Gasteiger charge is 2.21. The van der Waals surface area contributed by atoms with E-state index in [1.807, 2.05) is 24.3 Å². The standard InChI is InChI=1S/C15H20O/c1-12(13-7-3-2-4-8-13)11-15(16)14-9-5-6-10-14/h2-4,7-8,11,14-16H,5-6,9-10H2,1H3/b12-11+. The summed E-state index contributed by atoms with van der Waals surface area (Å²) in [5, 5.41) is 10.1. The van der Waals surface area contributed by atoms with Gasteiger partial charge in [-0.3, -0.25) is 0 Å². The number of aliphatic hydroxyl groups excluding tert-OH is 1. The minimum absolute atomic E-state index is 0.261. The molecule has 0 radical (unpaired) electrons. The van der Waals surface area contributed by atoms with E-state index in [0.29, 0.717) is 5.92 Å². The molecule has 1 aliphatic carbocycles. The van der Waals surface area contributed by atoms with Gasteiger partial charge in [0.05, 0.1) is 6.10 Å². The summed E-state index contributed by atoms with van der Waals surface area (Å²) in [6.45, 7) is 2.08. The third-order valence-corrected chi connectivity index (χ3v) is 3.53. The molecule has 1 fully saturated rings. The largest absolute Gasteiger partial charge is 0.389 e. The Hall–Kier alpha value is -1.08. The average molecular weight is 216 g/mol. The Bertz CT molecular complexity index is 347. The number of hydrogen-bond acceptors (Lipinski definition) is 1. The van der Waals surface area contributed by atoms with Crippen LogP contribution in [0.25, 0.3) is 5.57 Å². The number of benzene rings is 1. The molecule has 0 heterocycles. The Morgan fingerprint density at radius 1 is 1.25 bits per heavy atom. The van der Waals surface area contributed by atoms with E-state index < -0.39 is 0 Å². The van der Waals surface area contributed by atoms with Crippen molar-refractivity contribution in [2.24, 2.45) is 5.92 Å². The summed E-state index contributed by atoms with van der Waals surface area (Å²) >= 11 is 0. The van der Waals surface area contributed by atoms with Crippen LogP contribution in [0.15, 0.2) is 36.4 Å². The normalized spacial score (nSPS) is 20.0. The molecule has 0 bridgehead atoms. The maximum absolute atomic E-state index is 10.1. The summed E-state index contributed by atoms with van der Waals surface area (Å²) in [6.07, 6.45) is 6.67. The summed E-state index contributed by atoms with van der Waals surface area (Å²) in [7, 11) is 0. The van der Waals surface area contributed by atoms with Gasteiger partial charge in [-0.15, -0.1) is 0 Å². The Morgan fingerprint density at radius 2 is 1.88 bits per heavy atom. The molecule has 1 aromatic rings. The molecule has 2 rings (SSSR count). The van der Waals surface area contributed by atoms with Crippen molar-refractivity contribution in [2.45, 2.75) is 38.7 Å². The lowest BCUT2D eigenvalue weighted by molar-refractivity contribution is 0.156. The van der Waals surface area contributed by atoms with Crippen molar-refractivity contribution in [1.29, 1.82) is 0 Å². The summed E-state index contributed by atoms with van der Waals surface area (Å²) in [6, 6.07) is 10.3. The molecule has 1 aromatic carbocycles. The van der Waals surface area contributed by atoms with Gasteiger partial charge in [0.15, 0.2) is 0 Å². The lowest BCUT2D eigenvalue weighted by Crippen LogP contribution is -2.14. The Labute approximate surface area is 97.8 Å². The predicted molar refractivity (Wildman–Crippen MR) is 68.1 cm³/mol. The highest BCUT2D eigenvalue weighted by Crippen LogP contribution is 2.29. The average Bonchev–Trinajstić information content (AvgIpc) is 2.83. The van der Waals surface area contributed by atoms with Gasteiger partial charge in [-0.2, -0.15) is 0 Å². The molecule has 1 unspecified atom stereocenters. The van der Waals surface area contributed by atoms with E-state index in [9.17, 15) is 5.11 Å². The van der Waals surface area contributed by atoms with Crippen LogP contribution in [-0.2, 0) is 0 Å². The maximum Gasteiger partial charge on any atom is 0.0754 e. The molecule has 1 atom stereocenters. The van der Waals surface area contributed by atoms with Gasteiger partial charge in [0.1, 0.15) is 0 Å². The van der Waals surface area contributed by atoms with Crippen LogP contribution in [0, 0.1) is 5.92 Å². The van der Waals surface area contributed by atoms with Gasteiger partial charge in [0.2, 0.25) is 0 Å². The van der Waals surface area contributed by atoms with Crippen LogP contribution in [0.1, 0.15) is 38.2 Å². The molecule has 0 aromatic heterocycles. The predicted octanol–water partition coefficient (Wildman–Crippen LogP) is 3.64. The fourth-order valence-corrected chi connectivity index (χ4v) is 2.49. The smallest absolute Gasteiger partial charge is 0.0754 e. The number of hydrogen-bond donors (Lipinski definition) is 1. The molecule has 0 spiro atoms. The third kappa shape index (κ3) is 2.73. The summed E-state index contributed by atoms with van der Waals surface area (Å²) < 4.78 is 0. The number of rotatable bonds is 3.